The molecule has 102 valence electrons. The molecule has 1 aromatic carbocycles. The van der Waals surface area contributed by atoms with Crippen molar-refractivity contribution in [2.24, 2.45) is 5.41 Å². The third-order valence-corrected chi connectivity index (χ3v) is 3.80. The van der Waals surface area contributed by atoms with E-state index in [0.717, 1.165) is 6.42 Å². The Morgan fingerprint density at radius 3 is 2.89 bits per heavy atom. The summed E-state index contributed by atoms with van der Waals surface area (Å²) in [6.07, 6.45) is 0.476. The van der Waals surface area contributed by atoms with Crippen molar-refractivity contribution in [1.82, 2.24) is 0 Å². The highest BCUT2D eigenvalue weighted by Crippen LogP contribution is 2.41. The maximum Gasteiger partial charge on any atom is 0.137 e. The van der Waals surface area contributed by atoms with E-state index in [1.165, 1.54) is 7.11 Å². The summed E-state index contributed by atoms with van der Waals surface area (Å²) >= 11 is 6.05. The van der Waals surface area contributed by atoms with E-state index in [1.807, 2.05) is 0 Å². The first-order valence-electron chi connectivity index (χ1n) is 6.13. The molecule has 1 heterocycles. The van der Waals surface area contributed by atoms with Crippen molar-refractivity contribution in [2.75, 3.05) is 20.3 Å². The second-order valence-corrected chi connectivity index (χ2v) is 5.13. The molecule has 2 atom stereocenters. The van der Waals surface area contributed by atoms with Gasteiger partial charge in [0.25, 0.3) is 0 Å². The Morgan fingerprint density at radius 2 is 2.37 bits per heavy atom. The molecule has 1 saturated heterocycles. The Kier molecular flexibility index (Phi) is 4.31. The van der Waals surface area contributed by atoms with Crippen LogP contribution in [0.5, 0.6) is 5.75 Å². The first-order chi connectivity index (χ1) is 9.13. The van der Waals surface area contributed by atoms with Crippen LogP contribution in [-0.2, 0) is 4.74 Å². The van der Waals surface area contributed by atoms with Crippen LogP contribution in [0.2, 0.25) is 5.02 Å². The molecule has 4 nitrogen and oxygen atoms in total. The average molecular weight is 282 g/mol. The summed E-state index contributed by atoms with van der Waals surface area (Å²) in [5, 5.41) is 20.3. The molecule has 0 radical (unpaired) electrons. The van der Waals surface area contributed by atoms with Gasteiger partial charge < -0.3 is 14.6 Å². The van der Waals surface area contributed by atoms with Crippen LogP contribution in [0.3, 0.4) is 0 Å². The van der Waals surface area contributed by atoms with Crippen molar-refractivity contribution in [3.8, 4) is 11.8 Å². The second kappa shape index (κ2) is 5.79. The number of nitrogens with zero attached hydrogens (tertiary/aromatic N) is 1. The summed E-state index contributed by atoms with van der Waals surface area (Å²) in [6, 6.07) is 7.27. The standard InChI is InChI=1S/C14H16ClNO3/c1-18-12-4-3-10(7-11(12)15)13(17)14(8-16)5-2-6-19-9-14/h3-4,7,13,17H,2,5-6,9H2,1H3. The predicted molar refractivity (Wildman–Crippen MR) is 71.1 cm³/mol. The van der Waals surface area contributed by atoms with Gasteiger partial charge in [-0.3, -0.25) is 0 Å². The number of hydrogen-bond acceptors (Lipinski definition) is 4. The number of rotatable bonds is 3. The van der Waals surface area contributed by atoms with Crippen LogP contribution >= 0.6 is 11.6 Å². The Bertz CT molecular complexity index is 492. The van der Waals surface area contributed by atoms with Crippen LogP contribution in [0.1, 0.15) is 24.5 Å². The van der Waals surface area contributed by atoms with E-state index in [9.17, 15) is 10.4 Å². The number of aliphatic hydroxyl groups excluding tert-OH is 1. The fourth-order valence-electron chi connectivity index (χ4n) is 2.35. The highest BCUT2D eigenvalue weighted by molar-refractivity contribution is 6.32. The summed E-state index contributed by atoms with van der Waals surface area (Å²) in [7, 11) is 1.53. The van der Waals surface area contributed by atoms with Crippen LogP contribution in [0.15, 0.2) is 18.2 Å². The zero-order valence-corrected chi connectivity index (χ0v) is 11.5. The normalized spacial score (nSPS) is 24.5. The van der Waals surface area contributed by atoms with Crippen molar-refractivity contribution < 1.29 is 14.6 Å². The van der Waals surface area contributed by atoms with E-state index in [1.54, 1.807) is 18.2 Å². The van der Waals surface area contributed by atoms with Gasteiger partial charge in [-0.15, -0.1) is 0 Å². The van der Waals surface area contributed by atoms with Crippen LogP contribution in [0.4, 0.5) is 0 Å². The van der Waals surface area contributed by atoms with Gasteiger partial charge in [0.05, 0.1) is 30.9 Å². The summed E-state index contributed by atoms with van der Waals surface area (Å²) in [5.74, 6) is 0.545. The van der Waals surface area contributed by atoms with Crippen molar-refractivity contribution >= 4 is 11.6 Å². The molecule has 1 N–H and O–H groups in total. The molecule has 1 aliphatic rings. The van der Waals surface area contributed by atoms with Crippen molar-refractivity contribution in [3.63, 3.8) is 0 Å². The molecule has 0 saturated carbocycles. The summed E-state index contributed by atoms with van der Waals surface area (Å²) in [4.78, 5) is 0. The number of ether oxygens (including phenoxy) is 2. The van der Waals surface area contributed by atoms with Gasteiger partial charge in [0.2, 0.25) is 0 Å². The van der Waals surface area contributed by atoms with Gasteiger partial charge in [0.1, 0.15) is 11.2 Å². The van der Waals surface area contributed by atoms with Crippen LogP contribution in [0, 0.1) is 16.7 Å². The topological polar surface area (TPSA) is 62.5 Å². The van der Waals surface area contributed by atoms with Crippen LogP contribution in [-0.4, -0.2) is 25.4 Å². The quantitative estimate of drug-likeness (QED) is 0.925. The average Bonchev–Trinajstić information content (AvgIpc) is 2.47. The molecular formula is C14H16ClNO3. The summed E-state index contributed by atoms with van der Waals surface area (Å²) in [6.45, 7) is 0.883. The van der Waals surface area contributed by atoms with Gasteiger partial charge in [0, 0.05) is 6.61 Å². The number of methoxy groups -OCH3 is 1. The molecule has 1 aromatic rings. The Balaban J connectivity index is 2.30. The zero-order chi connectivity index (χ0) is 13.9. The van der Waals surface area contributed by atoms with Gasteiger partial charge >= 0.3 is 0 Å². The van der Waals surface area contributed by atoms with Crippen molar-refractivity contribution in [3.05, 3.63) is 28.8 Å². The molecule has 1 fully saturated rings. The van der Waals surface area contributed by atoms with Crippen LogP contribution in [0.25, 0.3) is 0 Å². The van der Waals surface area contributed by atoms with Crippen LogP contribution < -0.4 is 4.74 Å². The first kappa shape index (κ1) is 14.1. The lowest BCUT2D eigenvalue weighted by atomic mass is 9.76. The third kappa shape index (κ3) is 2.69. The second-order valence-electron chi connectivity index (χ2n) is 4.72. The Morgan fingerprint density at radius 1 is 1.58 bits per heavy atom. The number of halogens is 1. The van der Waals surface area contributed by atoms with Gasteiger partial charge in [0.15, 0.2) is 0 Å². The fourth-order valence-corrected chi connectivity index (χ4v) is 2.62. The van der Waals surface area contributed by atoms with Gasteiger partial charge in [-0.2, -0.15) is 5.26 Å². The van der Waals surface area contributed by atoms with E-state index in [-0.39, 0.29) is 6.61 Å². The van der Waals surface area contributed by atoms with E-state index in [4.69, 9.17) is 21.1 Å². The monoisotopic (exact) mass is 281 g/mol. The fraction of sp³-hybridized carbons (Fsp3) is 0.500. The number of nitriles is 1. The molecule has 0 aromatic heterocycles. The number of hydrogen-bond donors (Lipinski definition) is 1. The largest absolute Gasteiger partial charge is 0.495 e. The smallest absolute Gasteiger partial charge is 0.137 e. The molecule has 19 heavy (non-hydrogen) atoms. The summed E-state index contributed by atoms with van der Waals surface area (Å²) in [5.41, 5.74) is -0.284. The lowest BCUT2D eigenvalue weighted by Gasteiger charge is -2.35. The van der Waals surface area contributed by atoms with Crippen molar-refractivity contribution in [2.45, 2.75) is 18.9 Å². The van der Waals surface area contributed by atoms with Gasteiger partial charge in [-0.05, 0) is 30.5 Å². The molecule has 0 amide bonds. The minimum Gasteiger partial charge on any atom is -0.495 e. The molecule has 5 heteroatoms. The molecule has 0 spiro atoms. The molecular weight excluding hydrogens is 266 g/mol. The molecule has 0 aliphatic carbocycles. The predicted octanol–water partition coefficient (Wildman–Crippen LogP) is 2.70. The molecule has 0 bridgehead atoms. The SMILES string of the molecule is COc1ccc(C(O)C2(C#N)CCCOC2)cc1Cl. The van der Waals surface area contributed by atoms with Gasteiger partial charge in [-0.25, -0.2) is 0 Å². The van der Waals surface area contributed by atoms with Gasteiger partial charge in [-0.1, -0.05) is 17.7 Å². The molecule has 1 aliphatic heterocycles. The Labute approximate surface area is 117 Å². The number of aliphatic hydroxyl groups is 1. The summed E-state index contributed by atoms with van der Waals surface area (Å²) < 4.78 is 10.4. The Hall–Kier alpha value is -1.28. The highest BCUT2D eigenvalue weighted by atomic mass is 35.5. The lowest BCUT2D eigenvalue weighted by Crippen LogP contribution is -2.36. The minimum atomic E-state index is -0.916. The maximum absolute atomic E-state index is 10.5. The minimum absolute atomic E-state index is 0.244. The van der Waals surface area contributed by atoms with E-state index in [2.05, 4.69) is 6.07 Å². The molecule has 2 unspecified atom stereocenters. The molecule has 2 rings (SSSR count). The van der Waals surface area contributed by atoms with E-state index >= 15 is 0 Å². The zero-order valence-electron chi connectivity index (χ0n) is 10.7. The van der Waals surface area contributed by atoms with E-state index < -0.39 is 11.5 Å². The maximum atomic E-state index is 10.5. The highest BCUT2D eigenvalue weighted by Gasteiger charge is 2.41. The number of benzene rings is 1. The lowest BCUT2D eigenvalue weighted by molar-refractivity contribution is -0.0505. The third-order valence-electron chi connectivity index (χ3n) is 3.51. The first-order valence-corrected chi connectivity index (χ1v) is 6.51. The van der Waals surface area contributed by atoms with E-state index in [0.29, 0.717) is 29.4 Å². The van der Waals surface area contributed by atoms with Crippen molar-refractivity contribution in [1.29, 1.82) is 5.26 Å².